The lowest BCUT2D eigenvalue weighted by Crippen LogP contribution is -2.35. The Balaban J connectivity index is 0.000000294. The Kier molecular flexibility index (Phi) is 15.5. The van der Waals surface area contributed by atoms with Gasteiger partial charge in [-0.15, -0.1) is 6.58 Å². The van der Waals surface area contributed by atoms with Crippen molar-refractivity contribution >= 4 is 12.2 Å². The van der Waals surface area contributed by atoms with Crippen LogP contribution in [-0.4, -0.2) is 30.7 Å². The Morgan fingerprint density at radius 1 is 1.00 bits per heavy atom. The number of aromatic hydroxyl groups is 1. The summed E-state index contributed by atoms with van der Waals surface area (Å²) < 4.78 is 16.8. The molecule has 0 spiro atoms. The van der Waals surface area contributed by atoms with Gasteiger partial charge in [0, 0.05) is 31.1 Å². The second-order valence-corrected chi connectivity index (χ2v) is 9.39. The number of methoxy groups -OCH3 is 1. The Bertz CT molecular complexity index is 1020. The van der Waals surface area contributed by atoms with Crippen LogP contribution in [0, 0.1) is 11.8 Å². The van der Waals surface area contributed by atoms with Crippen LogP contribution < -0.4 is 4.74 Å². The first-order valence-corrected chi connectivity index (χ1v) is 13.2. The Hall–Kier alpha value is -3.34. The maximum Gasteiger partial charge on any atom is 0.201 e. The number of phenolic OH excluding ortho intramolecular Hbond substituents is 1. The lowest BCUT2D eigenvalue weighted by Gasteiger charge is -2.33. The fraction of sp³-hybridized carbons (Fsp3) is 0.353. The largest absolute Gasteiger partial charge is 0.507 e. The fourth-order valence-corrected chi connectivity index (χ4v) is 3.56. The van der Waals surface area contributed by atoms with E-state index in [4.69, 9.17) is 19.3 Å². The lowest BCUT2D eigenvalue weighted by atomic mass is 9.85. The molecule has 2 aromatic rings. The summed E-state index contributed by atoms with van der Waals surface area (Å²) in [6.07, 6.45) is 15.8. The van der Waals surface area contributed by atoms with E-state index >= 15 is 0 Å². The van der Waals surface area contributed by atoms with Crippen molar-refractivity contribution < 1.29 is 19.3 Å². The quantitative estimate of drug-likeness (QED) is 0.183. The number of benzene rings is 2. The van der Waals surface area contributed by atoms with Crippen LogP contribution in [0.1, 0.15) is 51.7 Å². The first kappa shape index (κ1) is 32.7. The third-order valence-electron chi connectivity index (χ3n) is 5.98. The average molecular weight is 519 g/mol. The highest BCUT2D eigenvalue weighted by molar-refractivity contribution is 5.54. The molecule has 1 aliphatic rings. The SMILES string of the molecule is C=CC1C=CC=CC1(C)OCCCC.C=Cc1ccc(OC(OC)C(C)C)cc1.C=Cc1ccccc1O. The summed E-state index contributed by atoms with van der Waals surface area (Å²) >= 11 is 0. The normalized spacial score (nSPS) is 18.3. The van der Waals surface area contributed by atoms with Gasteiger partial charge in [0.25, 0.3) is 0 Å². The molecule has 0 aliphatic heterocycles. The van der Waals surface area contributed by atoms with Gasteiger partial charge in [0.05, 0.1) is 5.60 Å². The second kappa shape index (κ2) is 18.0. The molecule has 3 unspecified atom stereocenters. The van der Waals surface area contributed by atoms with Gasteiger partial charge in [0.1, 0.15) is 11.5 Å². The zero-order chi connectivity index (χ0) is 28.4. The van der Waals surface area contributed by atoms with Gasteiger partial charge < -0.3 is 19.3 Å². The van der Waals surface area contributed by atoms with Gasteiger partial charge in [-0.3, -0.25) is 0 Å². The monoisotopic (exact) mass is 518 g/mol. The highest BCUT2D eigenvalue weighted by atomic mass is 16.7. The molecule has 1 aliphatic carbocycles. The van der Waals surface area contributed by atoms with Gasteiger partial charge in [-0.1, -0.05) is 113 Å². The number of hydrogen-bond donors (Lipinski definition) is 1. The van der Waals surface area contributed by atoms with Crippen LogP contribution in [-0.2, 0) is 9.47 Å². The summed E-state index contributed by atoms with van der Waals surface area (Å²) in [7, 11) is 1.66. The minimum Gasteiger partial charge on any atom is -0.507 e. The molecular formula is C34H46O4. The molecule has 3 atom stereocenters. The van der Waals surface area contributed by atoms with Crippen LogP contribution >= 0.6 is 0 Å². The van der Waals surface area contributed by atoms with E-state index in [9.17, 15) is 0 Å². The van der Waals surface area contributed by atoms with Crippen molar-refractivity contribution in [2.75, 3.05) is 13.7 Å². The number of para-hydroxylation sites is 1. The summed E-state index contributed by atoms with van der Waals surface area (Å²) in [6, 6.07) is 14.9. The zero-order valence-corrected chi connectivity index (χ0v) is 23.8. The smallest absolute Gasteiger partial charge is 0.201 e. The first-order valence-electron chi connectivity index (χ1n) is 13.2. The van der Waals surface area contributed by atoms with Gasteiger partial charge in [-0.25, -0.2) is 0 Å². The fourth-order valence-electron chi connectivity index (χ4n) is 3.56. The molecule has 0 amide bonds. The molecule has 4 heteroatoms. The summed E-state index contributed by atoms with van der Waals surface area (Å²) in [5.74, 6) is 1.73. The number of ether oxygens (including phenoxy) is 3. The summed E-state index contributed by atoms with van der Waals surface area (Å²) in [5.41, 5.74) is 1.67. The van der Waals surface area contributed by atoms with Gasteiger partial charge >= 0.3 is 0 Å². The molecule has 0 radical (unpaired) electrons. The van der Waals surface area contributed by atoms with Crippen LogP contribution in [0.25, 0.3) is 12.2 Å². The number of allylic oxidation sites excluding steroid dienone is 2. The van der Waals surface area contributed by atoms with E-state index in [0.717, 1.165) is 29.9 Å². The molecule has 0 saturated carbocycles. The minimum atomic E-state index is -0.195. The van der Waals surface area contributed by atoms with E-state index in [1.54, 1.807) is 31.4 Å². The lowest BCUT2D eigenvalue weighted by molar-refractivity contribution is -0.0833. The van der Waals surface area contributed by atoms with Gasteiger partial charge in [0.15, 0.2) is 0 Å². The molecule has 1 N–H and O–H groups in total. The zero-order valence-electron chi connectivity index (χ0n) is 23.8. The Morgan fingerprint density at radius 2 is 1.68 bits per heavy atom. The third kappa shape index (κ3) is 11.4. The highest BCUT2D eigenvalue weighted by Crippen LogP contribution is 2.29. The molecule has 3 rings (SSSR count). The van der Waals surface area contributed by atoms with Crippen molar-refractivity contribution in [1.29, 1.82) is 0 Å². The molecule has 0 aromatic heterocycles. The maximum atomic E-state index is 9.04. The van der Waals surface area contributed by atoms with E-state index < -0.39 is 0 Å². The minimum absolute atomic E-state index is 0.189. The van der Waals surface area contributed by atoms with Gasteiger partial charge in [-0.05, 0) is 37.1 Å². The number of phenols is 1. The second-order valence-electron chi connectivity index (χ2n) is 9.39. The molecule has 0 saturated heterocycles. The van der Waals surface area contributed by atoms with Crippen LogP contribution in [0.15, 0.2) is 98.6 Å². The van der Waals surface area contributed by atoms with Crippen molar-refractivity contribution in [2.24, 2.45) is 11.8 Å². The highest BCUT2D eigenvalue weighted by Gasteiger charge is 2.29. The summed E-state index contributed by atoms with van der Waals surface area (Å²) in [6.45, 7) is 20.3. The van der Waals surface area contributed by atoms with Crippen molar-refractivity contribution in [2.45, 2.75) is 52.4 Å². The van der Waals surface area contributed by atoms with Crippen molar-refractivity contribution in [1.82, 2.24) is 0 Å². The van der Waals surface area contributed by atoms with Crippen LogP contribution in [0.4, 0.5) is 0 Å². The molecule has 0 bridgehead atoms. The van der Waals surface area contributed by atoms with Crippen molar-refractivity contribution in [3.05, 3.63) is 110 Å². The molecule has 4 nitrogen and oxygen atoms in total. The number of rotatable bonds is 11. The Labute approximate surface area is 230 Å². The van der Waals surface area contributed by atoms with E-state index in [1.165, 1.54) is 6.42 Å². The standard InChI is InChI=1S/C13H18O2.C13H20O.C8H8O/c1-5-11-6-8-12(9-7-11)15-13(14-4)10(2)3;1-4-6-11-14-13(3)10-8-7-9-12(13)5-2;1-2-7-5-3-4-6-8(7)9/h5-10,13H,1H2,2-4H3;5,7-10,12H,2,4,6,11H2,1,3H3;2-6,9H,1H2. The van der Waals surface area contributed by atoms with Gasteiger partial charge in [-0.2, -0.15) is 0 Å². The molecular weight excluding hydrogens is 472 g/mol. The van der Waals surface area contributed by atoms with E-state index in [1.807, 2.05) is 48.6 Å². The number of hydrogen-bond acceptors (Lipinski definition) is 4. The molecule has 0 fully saturated rings. The topological polar surface area (TPSA) is 47.9 Å². The predicted molar refractivity (Wildman–Crippen MR) is 162 cm³/mol. The summed E-state index contributed by atoms with van der Waals surface area (Å²) in [4.78, 5) is 0. The van der Waals surface area contributed by atoms with Gasteiger partial charge in [0.2, 0.25) is 6.29 Å². The van der Waals surface area contributed by atoms with E-state index in [2.05, 4.69) is 65.7 Å². The Morgan fingerprint density at radius 3 is 2.18 bits per heavy atom. The molecule has 0 heterocycles. The van der Waals surface area contributed by atoms with Crippen LogP contribution in [0.5, 0.6) is 11.5 Å². The van der Waals surface area contributed by atoms with Crippen LogP contribution in [0.3, 0.4) is 0 Å². The van der Waals surface area contributed by atoms with Crippen molar-refractivity contribution in [3.8, 4) is 11.5 Å². The average Bonchev–Trinajstić information content (AvgIpc) is 2.93. The summed E-state index contributed by atoms with van der Waals surface area (Å²) in [5, 5.41) is 9.04. The number of unbranched alkanes of at least 4 members (excludes halogenated alkanes) is 1. The van der Waals surface area contributed by atoms with E-state index in [0.29, 0.717) is 11.8 Å². The molecule has 38 heavy (non-hydrogen) atoms. The van der Waals surface area contributed by atoms with Crippen LogP contribution in [0.2, 0.25) is 0 Å². The maximum absolute atomic E-state index is 9.04. The third-order valence-corrected chi connectivity index (χ3v) is 5.98. The predicted octanol–water partition coefficient (Wildman–Crippen LogP) is 8.86. The van der Waals surface area contributed by atoms with Crippen molar-refractivity contribution in [3.63, 3.8) is 0 Å². The first-order chi connectivity index (χ1) is 18.2. The van der Waals surface area contributed by atoms with E-state index in [-0.39, 0.29) is 17.6 Å². The molecule has 206 valence electrons. The molecule has 2 aromatic carbocycles.